The number of rotatable bonds is 11. The minimum Gasteiger partial charge on any atom is -0.491 e. The van der Waals surface area contributed by atoms with Crippen LogP contribution in [0.4, 0.5) is 17.5 Å². The van der Waals surface area contributed by atoms with Gasteiger partial charge in [-0.05, 0) is 55.5 Å². The molecule has 1 aliphatic carbocycles. The van der Waals surface area contributed by atoms with Crippen LogP contribution in [0.15, 0.2) is 60.9 Å². The fraction of sp³-hybridized carbons (Fsp3) is 0.387. The van der Waals surface area contributed by atoms with E-state index in [-0.39, 0.29) is 11.9 Å². The molecule has 4 aromatic rings. The van der Waals surface area contributed by atoms with E-state index in [1.807, 2.05) is 51.9 Å². The Hall–Kier alpha value is -4.69. The molecule has 0 bridgehead atoms. The number of ether oxygens (including phenoxy) is 2. The Morgan fingerprint density at radius 1 is 1.12 bits per heavy atom. The molecule has 2 aromatic heterocycles. The number of carbonyl (C=O) groups is 1. The number of hydrogen-bond donors (Lipinski definition) is 2. The summed E-state index contributed by atoms with van der Waals surface area (Å²) in [5.74, 6) is 1.75. The van der Waals surface area contributed by atoms with Gasteiger partial charge in [-0.1, -0.05) is 30.3 Å². The highest BCUT2D eigenvalue weighted by Crippen LogP contribution is 2.47. The quantitative estimate of drug-likeness (QED) is 0.249. The van der Waals surface area contributed by atoms with Crippen LogP contribution >= 0.6 is 0 Å². The largest absolute Gasteiger partial charge is 0.491 e. The number of hydrogen-bond acceptors (Lipinski definition) is 9. The summed E-state index contributed by atoms with van der Waals surface area (Å²) < 4.78 is 12.8. The molecule has 11 heteroatoms. The summed E-state index contributed by atoms with van der Waals surface area (Å²) in [6.07, 6.45) is 4.83. The second-order valence-electron chi connectivity index (χ2n) is 10.8. The maximum absolute atomic E-state index is 13.1. The van der Waals surface area contributed by atoms with E-state index in [4.69, 9.17) is 24.4 Å². The third-order valence-corrected chi connectivity index (χ3v) is 7.84. The number of methoxy groups -OCH3 is 1. The topological polar surface area (TPSA) is 130 Å². The van der Waals surface area contributed by atoms with Gasteiger partial charge in [0.25, 0.3) is 0 Å². The highest BCUT2D eigenvalue weighted by molar-refractivity contribution is 5.88. The summed E-state index contributed by atoms with van der Waals surface area (Å²) in [6, 6.07) is 20.0. The predicted molar refractivity (Wildman–Crippen MR) is 158 cm³/mol. The van der Waals surface area contributed by atoms with Crippen molar-refractivity contribution in [3.05, 3.63) is 66.5 Å². The third-order valence-electron chi connectivity index (χ3n) is 7.84. The zero-order valence-corrected chi connectivity index (χ0v) is 23.6. The van der Waals surface area contributed by atoms with Gasteiger partial charge in [-0.25, -0.2) is 4.98 Å². The van der Waals surface area contributed by atoms with Gasteiger partial charge in [0.15, 0.2) is 17.0 Å². The molecule has 2 fully saturated rings. The van der Waals surface area contributed by atoms with Crippen LogP contribution in [0.3, 0.4) is 0 Å². The van der Waals surface area contributed by atoms with Crippen molar-refractivity contribution in [2.45, 2.75) is 38.3 Å². The van der Waals surface area contributed by atoms with Gasteiger partial charge in [-0.3, -0.25) is 4.79 Å². The van der Waals surface area contributed by atoms with Crippen molar-refractivity contribution in [3.8, 4) is 11.8 Å². The molecule has 1 atom stereocenters. The molecule has 2 aliphatic rings. The smallest absolute Gasteiger partial charge is 0.243 e. The van der Waals surface area contributed by atoms with E-state index >= 15 is 0 Å². The number of benzene rings is 2. The Balaban J connectivity index is 1.28. The second kappa shape index (κ2) is 12.0. The van der Waals surface area contributed by atoms with Gasteiger partial charge in [0, 0.05) is 32.4 Å². The van der Waals surface area contributed by atoms with Crippen LogP contribution in [0, 0.1) is 16.7 Å². The van der Waals surface area contributed by atoms with E-state index in [1.54, 1.807) is 13.4 Å². The molecule has 0 radical (unpaired) electrons. The third kappa shape index (κ3) is 5.85. The van der Waals surface area contributed by atoms with Gasteiger partial charge in [0.05, 0.1) is 25.0 Å². The van der Waals surface area contributed by atoms with Crippen LogP contribution in [0.25, 0.3) is 11.2 Å². The normalized spacial score (nSPS) is 17.4. The Labute approximate surface area is 244 Å². The Morgan fingerprint density at radius 2 is 1.93 bits per heavy atom. The van der Waals surface area contributed by atoms with Crippen LogP contribution in [0.2, 0.25) is 0 Å². The average Bonchev–Trinajstić information content (AvgIpc) is 3.72. The van der Waals surface area contributed by atoms with Crippen molar-refractivity contribution in [2.75, 3.05) is 44.0 Å². The van der Waals surface area contributed by atoms with Crippen molar-refractivity contribution < 1.29 is 14.3 Å². The number of amides is 1. The highest BCUT2D eigenvalue weighted by atomic mass is 16.5. The molecule has 1 saturated carbocycles. The molecule has 2 aromatic carbocycles. The highest BCUT2D eigenvalue weighted by Gasteiger charge is 2.53. The van der Waals surface area contributed by atoms with E-state index in [0.29, 0.717) is 68.6 Å². The zero-order valence-electron chi connectivity index (χ0n) is 23.6. The summed E-state index contributed by atoms with van der Waals surface area (Å²) in [7, 11) is 1.64. The predicted octanol–water partition coefficient (Wildman–Crippen LogP) is 4.67. The lowest BCUT2D eigenvalue weighted by Crippen LogP contribution is -2.44. The lowest BCUT2D eigenvalue weighted by molar-refractivity contribution is -0.136. The number of anilines is 3. The first-order chi connectivity index (χ1) is 20.6. The molecule has 3 heterocycles. The molecule has 1 aliphatic heterocycles. The summed E-state index contributed by atoms with van der Waals surface area (Å²) in [5.41, 5.74) is 2.46. The van der Waals surface area contributed by atoms with E-state index in [1.165, 1.54) is 0 Å². The Kier molecular flexibility index (Phi) is 7.88. The number of piperidine rings is 1. The lowest BCUT2D eigenvalue weighted by atomic mass is 10.0. The van der Waals surface area contributed by atoms with Gasteiger partial charge < -0.3 is 29.6 Å². The lowest BCUT2D eigenvalue weighted by Gasteiger charge is -2.34. The maximum atomic E-state index is 13.1. The average molecular weight is 567 g/mol. The van der Waals surface area contributed by atoms with Gasteiger partial charge in [-0.2, -0.15) is 15.2 Å². The Bertz CT molecular complexity index is 1580. The monoisotopic (exact) mass is 566 g/mol. The van der Waals surface area contributed by atoms with Gasteiger partial charge >= 0.3 is 0 Å². The first-order valence-electron chi connectivity index (χ1n) is 14.3. The van der Waals surface area contributed by atoms with Gasteiger partial charge in [0.1, 0.15) is 17.8 Å². The molecule has 11 nitrogen and oxygen atoms in total. The molecule has 6 rings (SSSR count). The van der Waals surface area contributed by atoms with E-state index in [0.717, 1.165) is 29.8 Å². The molecule has 1 unspecified atom stereocenters. The zero-order chi connectivity index (χ0) is 28.9. The number of nitriles is 1. The summed E-state index contributed by atoms with van der Waals surface area (Å²) in [4.78, 5) is 29.4. The molecular weight excluding hydrogens is 532 g/mol. The number of likely N-dealkylation sites (tertiary alicyclic amines) is 1. The van der Waals surface area contributed by atoms with Crippen LogP contribution in [-0.2, 0) is 16.1 Å². The van der Waals surface area contributed by atoms with Crippen molar-refractivity contribution in [1.82, 2.24) is 24.4 Å². The van der Waals surface area contributed by atoms with Gasteiger partial charge in [-0.15, -0.1) is 0 Å². The number of aromatic nitrogens is 4. The molecule has 2 N–H and O–H groups in total. The van der Waals surface area contributed by atoms with Crippen molar-refractivity contribution in [2.24, 2.45) is 5.41 Å². The molecule has 1 amide bonds. The van der Waals surface area contributed by atoms with Crippen LogP contribution < -0.4 is 15.4 Å². The SMILES string of the molecule is COCCOc1ccc(Nc2nc(NCc3ccccc3)c3ncn(C4CCCN(C(=O)C5(C#N)CC5)C4)c3n2)cc1. The first kappa shape index (κ1) is 27.5. The number of fused-ring (bicyclic) bond motifs is 1. The summed E-state index contributed by atoms with van der Waals surface area (Å²) >= 11 is 0. The Morgan fingerprint density at radius 3 is 2.67 bits per heavy atom. The maximum Gasteiger partial charge on any atom is 0.243 e. The standard InChI is InChI=1S/C31H34N8O3/c1-41-16-17-42-25-11-9-23(10-12-25)35-30-36-27(33-18-22-6-3-2-4-7-22)26-28(37-30)39(21-34-26)24-8-5-15-38(19-24)29(40)31(20-32)13-14-31/h2-4,6-7,9-12,21,24H,5,8,13-19H2,1H3,(H2,33,35,36,37). The first-order valence-corrected chi connectivity index (χ1v) is 14.3. The van der Waals surface area contributed by atoms with Crippen LogP contribution in [-0.4, -0.2) is 63.7 Å². The molecule has 1 saturated heterocycles. The van der Waals surface area contributed by atoms with Crippen LogP contribution in [0.5, 0.6) is 5.75 Å². The number of imidazole rings is 1. The van der Waals surface area contributed by atoms with Crippen LogP contribution in [0.1, 0.15) is 37.3 Å². The minimum absolute atomic E-state index is 0.00421. The number of carbonyl (C=O) groups excluding carboxylic acids is 1. The fourth-order valence-electron chi connectivity index (χ4n) is 5.32. The van der Waals surface area contributed by atoms with Gasteiger partial charge in [0.2, 0.25) is 11.9 Å². The van der Waals surface area contributed by atoms with E-state index in [9.17, 15) is 10.1 Å². The summed E-state index contributed by atoms with van der Waals surface area (Å²) in [5, 5.41) is 16.3. The fourth-order valence-corrected chi connectivity index (χ4v) is 5.32. The number of nitrogens with zero attached hydrogens (tertiary/aromatic N) is 6. The molecule has 42 heavy (non-hydrogen) atoms. The van der Waals surface area contributed by atoms with Crippen molar-refractivity contribution in [1.29, 1.82) is 5.26 Å². The summed E-state index contributed by atoms with van der Waals surface area (Å²) in [6.45, 7) is 2.77. The second-order valence-corrected chi connectivity index (χ2v) is 10.8. The van der Waals surface area contributed by atoms with E-state index < -0.39 is 5.41 Å². The molecule has 216 valence electrons. The van der Waals surface area contributed by atoms with E-state index in [2.05, 4.69) is 28.8 Å². The number of nitrogens with one attached hydrogen (secondary N) is 2. The van der Waals surface area contributed by atoms with Crippen molar-refractivity contribution in [3.63, 3.8) is 0 Å². The minimum atomic E-state index is -0.822. The van der Waals surface area contributed by atoms with Crippen molar-refractivity contribution >= 4 is 34.5 Å². The molecule has 0 spiro atoms. The molecular formula is C31H34N8O3.